The van der Waals surface area contributed by atoms with E-state index in [1.165, 1.54) is 12.1 Å². The Hall–Kier alpha value is -3.62. The number of aryl methyl sites for hydroxylation is 1. The van der Waals surface area contributed by atoms with Gasteiger partial charge in [-0.2, -0.15) is 23.5 Å². The van der Waals surface area contributed by atoms with Crippen molar-refractivity contribution in [1.29, 1.82) is 5.26 Å². The molecule has 2 heterocycles. The van der Waals surface area contributed by atoms with Gasteiger partial charge in [-0.25, -0.2) is 4.68 Å². The molecule has 0 saturated heterocycles. The molecule has 1 aromatic carbocycles. The predicted molar refractivity (Wildman–Crippen MR) is 130 cm³/mol. The highest BCUT2D eigenvalue weighted by Crippen LogP contribution is 2.35. The highest BCUT2D eigenvalue weighted by atomic mass is 35.5. The lowest BCUT2D eigenvalue weighted by atomic mass is 10.0. The van der Waals surface area contributed by atoms with Crippen LogP contribution in [0, 0.1) is 24.2 Å². The first-order valence-electron chi connectivity index (χ1n) is 11.0. The third-order valence-electron chi connectivity index (χ3n) is 5.91. The first-order valence-corrected chi connectivity index (χ1v) is 11.8. The number of halogens is 5. The highest BCUT2D eigenvalue weighted by Gasteiger charge is 2.37. The van der Waals surface area contributed by atoms with Crippen LogP contribution in [0.4, 0.5) is 18.9 Å². The molecule has 3 aromatic rings. The third-order valence-corrected chi connectivity index (χ3v) is 6.46. The second-order valence-electron chi connectivity index (χ2n) is 8.66. The van der Waals surface area contributed by atoms with Crippen LogP contribution in [0.3, 0.4) is 0 Å². The molecule has 192 valence electrons. The van der Waals surface area contributed by atoms with E-state index < -0.39 is 29.4 Å². The average molecular weight is 551 g/mol. The summed E-state index contributed by atoms with van der Waals surface area (Å²) in [6.07, 6.45) is -0.621. The maximum atomic E-state index is 13.5. The van der Waals surface area contributed by atoms with Gasteiger partial charge < -0.3 is 10.6 Å². The molecule has 0 bridgehead atoms. The van der Waals surface area contributed by atoms with Gasteiger partial charge in [0.1, 0.15) is 11.4 Å². The smallest absolute Gasteiger partial charge is 0.349 e. The molecule has 1 fully saturated rings. The normalized spacial score (nSPS) is 14.1. The van der Waals surface area contributed by atoms with Crippen LogP contribution in [-0.4, -0.2) is 32.6 Å². The molecule has 1 aliphatic rings. The number of carbonyl (C=O) groups excluding carboxylic acids is 2. The number of benzene rings is 1. The van der Waals surface area contributed by atoms with E-state index in [0.717, 1.165) is 25.2 Å². The van der Waals surface area contributed by atoms with E-state index in [1.807, 2.05) is 13.0 Å². The number of anilines is 1. The SMILES string of the molecule is Cc1cc(C#N)cc(C(=O)NC(C)C2CC2)c1NC(=O)c1cc(C(F)(F)F)nn1-c1c(Cl)cncc1Cl. The van der Waals surface area contributed by atoms with E-state index in [2.05, 4.69) is 20.7 Å². The van der Waals surface area contributed by atoms with Crippen molar-refractivity contribution in [2.24, 2.45) is 5.92 Å². The topological polar surface area (TPSA) is 113 Å². The van der Waals surface area contributed by atoms with Crippen LogP contribution in [0.5, 0.6) is 0 Å². The fourth-order valence-electron chi connectivity index (χ4n) is 3.83. The molecule has 1 saturated carbocycles. The number of alkyl halides is 3. The van der Waals surface area contributed by atoms with E-state index in [4.69, 9.17) is 23.2 Å². The van der Waals surface area contributed by atoms with Crippen molar-refractivity contribution in [1.82, 2.24) is 20.1 Å². The first-order chi connectivity index (χ1) is 17.4. The summed E-state index contributed by atoms with van der Waals surface area (Å²) in [6, 6.07) is 5.14. The average Bonchev–Trinajstić information content (AvgIpc) is 3.58. The molecule has 2 amide bonds. The minimum absolute atomic E-state index is 0.000476. The lowest BCUT2D eigenvalue weighted by Crippen LogP contribution is -2.35. The summed E-state index contributed by atoms with van der Waals surface area (Å²) in [5.41, 5.74) is -1.49. The van der Waals surface area contributed by atoms with Gasteiger partial charge in [-0.3, -0.25) is 14.6 Å². The number of hydrogen-bond acceptors (Lipinski definition) is 5. The second kappa shape index (κ2) is 10.0. The Morgan fingerprint density at radius 1 is 1.16 bits per heavy atom. The monoisotopic (exact) mass is 550 g/mol. The fraction of sp³-hybridized carbons (Fsp3) is 0.292. The molecule has 0 aliphatic heterocycles. The van der Waals surface area contributed by atoms with Crippen molar-refractivity contribution in [2.45, 2.75) is 38.9 Å². The van der Waals surface area contributed by atoms with Gasteiger partial charge in [-0.1, -0.05) is 23.2 Å². The lowest BCUT2D eigenvalue weighted by Gasteiger charge is -2.18. The van der Waals surface area contributed by atoms with E-state index in [9.17, 15) is 28.0 Å². The largest absolute Gasteiger partial charge is 0.435 e. The summed E-state index contributed by atoms with van der Waals surface area (Å²) in [5, 5.41) is 18.0. The molecular formula is C24H19Cl2F3N6O2. The summed E-state index contributed by atoms with van der Waals surface area (Å²) >= 11 is 12.2. The van der Waals surface area contributed by atoms with Gasteiger partial charge in [0.25, 0.3) is 11.8 Å². The number of amides is 2. The summed E-state index contributed by atoms with van der Waals surface area (Å²) in [7, 11) is 0. The lowest BCUT2D eigenvalue weighted by molar-refractivity contribution is -0.141. The van der Waals surface area contributed by atoms with Crippen molar-refractivity contribution in [2.75, 3.05) is 5.32 Å². The Balaban J connectivity index is 1.78. The Morgan fingerprint density at radius 2 is 1.81 bits per heavy atom. The molecule has 2 aromatic heterocycles. The van der Waals surface area contributed by atoms with Gasteiger partial charge in [-0.15, -0.1) is 0 Å². The summed E-state index contributed by atoms with van der Waals surface area (Å²) in [5.74, 6) is -1.20. The standard InChI is InChI=1S/C24H19Cl2F3N6O2/c1-11-5-13(8-30)6-15(22(36)32-12(2)14-3-4-14)20(11)33-23(37)18-7-19(24(27,28)29)34-35(18)21-16(25)9-31-10-17(21)26/h5-7,9-10,12,14H,3-4H2,1-2H3,(H,32,36)(H,33,37). The van der Waals surface area contributed by atoms with Crippen molar-refractivity contribution in [3.63, 3.8) is 0 Å². The molecule has 0 radical (unpaired) electrons. The molecule has 1 atom stereocenters. The highest BCUT2D eigenvalue weighted by molar-refractivity contribution is 6.37. The van der Waals surface area contributed by atoms with Crippen LogP contribution in [0.15, 0.2) is 30.6 Å². The van der Waals surface area contributed by atoms with Crippen LogP contribution >= 0.6 is 23.2 Å². The van der Waals surface area contributed by atoms with E-state index in [-0.39, 0.29) is 38.6 Å². The minimum atomic E-state index is -4.87. The molecule has 1 unspecified atom stereocenters. The van der Waals surface area contributed by atoms with Crippen LogP contribution < -0.4 is 10.6 Å². The number of rotatable bonds is 6. The number of nitriles is 1. The number of carbonyl (C=O) groups is 2. The quantitative estimate of drug-likeness (QED) is 0.417. The van der Waals surface area contributed by atoms with Crippen molar-refractivity contribution in [3.8, 4) is 11.8 Å². The summed E-state index contributed by atoms with van der Waals surface area (Å²) in [4.78, 5) is 30.2. The molecule has 4 rings (SSSR count). The maximum absolute atomic E-state index is 13.5. The molecule has 8 nitrogen and oxygen atoms in total. The van der Waals surface area contributed by atoms with E-state index >= 15 is 0 Å². The van der Waals surface area contributed by atoms with Crippen LogP contribution in [-0.2, 0) is 6.18 Å². The number of nitrogens with one attached hydrogen (secondary N) is 2. The van der Waals surface area contributed by atoms with Gasteiger partial charge in [0, 0.05) is 24.5 Å². The Morgan fingerprint density at radius 3 is 2.38 bits per heavy atom. The number of hydrogen-bond donors (Lipinski definition) is 2. The fourth-order valence-corrected chi connectivity index (χ4v) is 4.36. The van der Waals surface area contributed by atoms with Gasteiger partial charge >= 0.3 is 6.18 Å². The second-order valence-corrected chi connectivity index (χ2v) is 9.47. The van der Waals surface area contributed by atoms with Gasteiger partial charge in [0.15, 0.2) is 5.69 Å². The zero-order chi connectivity index (χ0) is 27.1. The van der Waals surface area contributed by atoms with Crippen LogP contribution in [0.25, 0.3) is 5.69 Å². The van der Waals surface area contributed by atoms with Crippen molar-refractivity contribution in [3.05, 3.63) is 68.7 Å². The third kappa shape index (κ3) is 5.55. The van der Waals surface area contributed by atoms with Crippen molar-refractivity contribution < 1.29 is 22.8 Å². The van der Waals surface area contributed by atoms with Gasteiger partial charge in [-0.05, 0) is 50.3 Å². The molecule has 37 heavy (non-hydrogen) atoms. The molecule has 2 N–H and O–H groups in total. The predicted octanol–water partition coefficient (Wildman–Crippen LogP) is 5.55. The van der Waals surface area contributed by atoms with Gasteiger partial charge in [0.2, 0.25) is 0 Å². The van der Waals surface area contributed by atoms with E-state index in [0.29, 0.717) is 22.2 Å². The van der Waals surface area contributed by atoms with E-state index in [1.54, 1.807) is 6.92 Å². The van der Waals surface area contributed by atoms with Crippen LogP contribution in [0.1, 0.15) is 57.4 Å². The number of nitrogens with zero attached hydrogens (tertiary/aromatic N) is 4. The maximum Gasteiger partial charge on any atom is 0.435 e. The van der Waals surface area contributed by atoms with Gasteiger partial charge in [0.05, 0.1) is 32.9 Å². The Labute approximate surface area is 219 Å². The number of aromatic nitrogens is 3. The summed E-state index contributed by atoms with van der Waals surface area (Å²) < 4.78 is 41.3. The molecule has 1 aliphatic carbocycles. The Bertz CT molecular complexity index is 1420. The molecular weight excluding hydrogens is 532 g/mol. The Kier molecular flexibility index (Phi) is 7.17. The minimum Gasteiger partial charge on any atom is -0.349 e. The molecule has 0 spiro atoms. The van der Waals surface area contributed by atoms with Crippen LogP contribution in [0.2, 0.25) is 10.0 Å². The molecule has 13 heteroatoms. The first kappa shape index (κ1) is 26.4. The zero-order valence-electron chi connectivity index (χ0n) is 19.5. The van der Waals surface area contributed by atoms with Crippen molar-refractivity contribution >= 4 is 40.7 Å². The number of pyridine rings is 1. The summed E-state index contributed by atoms with van der Waals surface area (Å²) in [6.45, 7) is 3.42. The zero-order valence-corrected chi connectivity index (χ0v) is 21.0.